The molecule has 0 bridgehead atoms. The average Bonchev–Trinajstić information content (AvgIpc) is 2.78. The van der Waals surface area contributed by atoms with Crippen LogP contribution in [0.15, 0.2) is 36.4 Å². The smallest absolute Gasteiger partial charge is 0.335 e. The third-order valence-electron chi connectivity index (χ3n) is 5.52. The number of methoxy groups -OCH3 is 1. The Balaban J connectivity index is 1.62. The summed E-state index contributed by atoms with van der Waals surface area (Å²) in [4.78, 5) is 24.0. The van der Waals surface area contributed by atoms with E-state index in [2.05, 4.69) is 0 Å². The van der Waals surface area contributed by atoms with Gasteiger partial charge in [0, 0.05) is 17.7 Å². The van der Waals surface area contributed by atoms with E-state index in [0.717, 1.165) is 6.07 Å². The molecular weight excluding hydrogens is 440 g/mol. The van der Waals surface area contributed by atoms with E-state index in [1.54, 1.807) is 24.3 Å². The predicted molar refractivity (Wildman–Crippen MR) is 108 cm³/mol. The summed E-state index contributed by atoms with van der Waals surface area (Å²) < 4.78 is 21.8. The molecule has 0 spiro atoms. The van der Waals surface area contributed by atoms with Crippen molar-refractivity contribution in [3.8, 4) is 23.0 Å². The van der Waals surface area contributed by atoms with Gasteiger partial charge in [0.15, 0.2) is 11.9 Å². The molecule has 1 saturated heterocycles. The third-order valence-corrected chi connectivity index (χ3v) is 5.52. The number of hydrogen-bond acceptors (Lipinski definition) is 10. The van der Waals surface area contributed by atoms with Crippen molar-refractivity contribution in [2.75, 3.05) is 7.11 Å². The number of rotatable bonds is 5. The number of aliphatic hydroxyl groups is 3. The fourth-order valence-electron chi connectivity index (χ4n) is 3.87. The maximum Gasteiger partial charge on any atom is 0.335 e. The highest BCUT2D eigenvalue weighted by molar-refractivity contribution is 6.02. The van der Waals surface area contributed by atoms with Crippen molar-refractivity contribution in [2.45, 2.75) is 43.2 Å². The SMILES string of the molecule is COc1ccccc1C1CC(=O)c2c(O)cc(O[C@@H]3O[C@H](C(=O)O)[C@@H](O)[C@H](O)[C@H]3O)cc2O1. The number of phenolic OH excluding ortho intramolecular Hbond substituents is 1. The van der Waals surface area contributed by atoms with Crippen LogP contribution in [0.25, 0.3) is 0 Å². The van der Waals surface area contributed by atoms with Crippen LogP contribution in [-0.4, -0.2) is 75.1 Å². The number of aliphatic carboxylic acids is 1. The van der Waals surface area contributed by atoms with E-state index in [-0.39, 0.29) is 29.3 Å². The van der Waals surface area contributed by atoms with Crippen molar-refractivity contribution < 1.29 is 54.1 Å². The van der Waals surface area contributed by atoms with Gasteiger partial charge in [-0.25, -0.2) is 4.79 Å². The summed E-state index contributed by atoms with van der Waals surface area (Å²) in [6.45, 7) is 0. The molecule has 0 aliphatic carbocycles. The molecule has 0 saturated carbocycles. The molecule has 0 radical (unpaired) electrons. The summed E-state index contributed by atoms with van der Waals surface area (Å²) in [7, 11) is 1.49. The molecule has 2 heterocycles. The first-order valence-corrected chi connectivity index (χ1v) is 10.00. The Hall–Kier alpha value is -3.38. The Morgan fingerprint density at radius 3 is 2.52 bits per heavy atom. The number of ketones is 1. The van der Waals surface area contributed by atoms with Gasteiger partial charge < -0.3 is 44.5 Å². The van der Waals surface area contributed by atoms with Crippen molar-refractivity contribution in [3.63, 3.8) is 0 Å². The molecule has 2 aliphatic heterocycles. The minimum absolute atomic E-state index is 0.00202. The lowest BCUT2D eigenvalue weighted by Crippen LogP contribution is -2.61. The van der Waals surface area contributed by atoms with Gasteiger partial charge in [-0.1, -0.05) is 18.2 Å². The molecule has 6 atom stereocenters. The second kappa shape index (κ2) is 8.87. The lowest BCUT2D eigenvalue weighted by atomic mass is 9.95. The molecule has 33 heavy (non-hydrogen) atoms. The van der Waals surface area contributed by atoms with Gasteiger partial charge in [-0.15, -0.1) is 0 Å². The molecule has 2 aromatic carbocycles. The number of aromatic hydroxyl groups is 1. The summed E-state index contributed by atoms with van der Waals surface area (Å²) in [5, 5.41) is 49.5. The van der Waals surface area contributed by atoms with Gasteiger partial charge in [0.05, 0.1) is 13.5 Å². The predicted octanol–water partition coefficient (Wildman–Crippen LogP) is 0.378. The Morgan fingerprint density at radius 1 is 1.09 bits per heavy atom. The van der Waals surface area contributed by atoms with Crippen LogP contribution in [-0.2, 0) is 9.53 Å². The van der Waals surface area contributed by atoms with E-state index in [0.29, 0.717) is 11.3 Å². The number of carboxylic acids is 1. The summed E-state index contributed by atoms with van der Waals surface area (Å²) >= 11 is 0. The summed E-state index contributed by atoms with van der Waals surface area (Å²) in [5.74, 6) is -2.01. The van der Waals surface area contributed by atoms with Crippen molar-refractivity contribution in [3.05, 3.63) is 47.5 Å². The van der Waals surface area contributed by atoms with Gasteiger partial charge in [-0.3, -0.25) is 4.79 Å². The van der Waals surface area contributed by atoms with Crippen molar-refractivity contribution in [1.29, 1.82) is 0 Å². The quantitative estimate of drug-likeness (QED) is 0.416. The highest BCUT2D eigenvalue weighted by Crippen LogP contribution is 2.43. The molecule has 11 nitrogen and oxygen atoms in total. The van der Waals surface area contributed by atoms with E-state index in [1.165, 1.54) is 13.2 Å². The first-order valence-electron chi connectivity index (χ1n) is 10.00. The monoisotopic (exact) mass is 462 g/mol. The number of fused-ring (bicyclic) bond motifs is 1. The van der Waals surface area contributed by atoms with Crippen molar-refractivity contribution in [1.82, 2.24) is 0 Å². The number of para-hydroxylation sites is 1. The second-order valence-corrected chi connectivity index (χ2v) is 7.64. The van der Waals surface area contributed by atoms with Gasteiger partial charge >= 0.3 is 5.97 Å². The normalized spacial score (nSPS) is 29.0. The molecule has 11 heteroatoms. The van der Waals surface area contributed by atoms with E-state index in [1.807, 2.05) is 0 Å². The van der Waals surface area contributed by atoms with E-state index < -0.39 is 48.5 Å². The number of carbonyl (C=O) groups is 2. The lowest BCUT2D eigenvalue weighted by molar-refractivity contribution is -0.271. The zero-order chi connectivity index (χ0) is 23.9. The fraction of sp³-hybridized carbons (Fsp3) is 0.364. The van der Waals surface area contributed by atoms with Crippen LogP contribution in [0.2, 0.25) is 0 Å². The molecule has 2 aromatic rings. The second-order valence-electron chi connectivity index (χ2n) is 7.64. The van der Waals surface area contributed by atoms with Gasteiger partial charge in [0.25, 0.3) is 0 Å². The van der Waals surface area contributed by atoms with E-state index in [9.17, 15) is 30.0 Å². The maximum absolute atomic E-state index is 12.7. The zero-order valence-corrected chi connectivity index (χ0v) is 17.3. The van der Waals surface area contributed by atoms with Crippen LogP contribution in [0.1, 0.15) is 28.4 Å². The summed E-state index contributed by atoms with van der Waals surface area (Å²) in [6.07, 6.45) is -9.83. The standard InChI is InChI=1S/C22H22O11/c1-30-13-5-3-2-4-10(13)14-8-12(24)16-11(23)6-9(7-15(16)32-14)31-22-19(27)17(25)18(26)20(33-22)21(28)29/h2-7,14,17-20,22-23,25-27H,8H2,1H3,(H,28,29)/t14?,17-,18-,19+,20-,22+/m0/s1. The Labute approximate surface area is 187 Å². The molecule has 4 rings (SSSR count). The van der Waals surface area contributed by atoms with Crippen LogP contribution in [0, 0.1) is 0 Å². The molecule has 1 fully saturated rings. The van der Waals surface area contributed by atoms with Crippen LogP contribution >= 0.6 is 0 Å². The lowest BCUT2D eigenvalue weighted by Gasteiger charge is -2.38. The number of carboxylic acid groups (broad SMARTS) is 1. The van der Waals surface area contributed by atoms with Crippen LogP contribution < -0.4 is 14.2 Å². The summed E-state index contributed by atoms with van der Waals surface area (Å²) in [5.41, 5.74) is 0.565. The van der Waals surface area contributed by atoms with Crippen molar-refractivity contribution in [2.24, 2.45) is 0 Å². The molecule has 0 aromatic heterocycles. The molecule has 0 amide bonds. The number of hydrogen-bond donors (Lipinski definition) is 5. The van der Waals surface area contributed by atoms with Gasteiger partial charge in [-0.2, -0.15) is 0 Å². The Bertz CT molecular complexity index is 1070. The van der Waals surface area contributed by atoms with E-state index in [4.69, 9.17) is 24.1 Å². The average molecular weight is 462 g/mol. The molecule has 5 N–H and O–H groups in total. The maximum atomic E-state index is 12.7. The zero-order valence-electron chi connectivity index (χ0n) is 17.3. The number of aliphatic hydroxyl groups excluding tert-OH is 3. The number of phenols is 1. The Kier molecular flexibility index (Phi) is 6.13. The number of benzene rings is 2. The fourth-order valence-corrected chi connectivity index (χ4v) is 3.87. The van der Waals surface area contributed by atoms with Crippen LogP contribution in [0.5, 0.6) is 23.0 Å². The number of carbonyl (C=O) groups excluding carboxylic acids is 1. The molecular formula is C22H22O11. The first kappa shape index (κ1) is 22.8. The molecule has 1 unspecified atom stereocenters. The van der Waals surface area contributed by atoms with Gasteiger partial charge in [0.1, 0.15) is 53.0 Å². The highest BCUT2D eigenvalue weighted by atomic mass is 16.7. The van der Waals surface area contributed by atoms with Crippen molar-refractivity contribution >= 4 is 11.8 Å². The van der Waals surface area contributed by atoms with Gasteiger partial charge in [-0.05, 0) is 6.07 Å². The minimum atomic E-state index is -1.88. The molecule has 176 valence electrons. The number of ether oxygens (including phenoxy) is 4. The first-order chi connectivity index (χ1) is 15.7. The molecule has 2 aliphatic rings. The highest BCUT2D eigenvalue weighted by Gasteiger charge is 2.48. The Morgan fingerprint density at radius 2 is 1.82 bits per heavy atom. The largest absolute Gasteiger partial charge is 0.507 e. The topological polar surface area (TPSA) is 172 Å². The van der Waals surface area contributed by atoms with E-state index >= 15 is 0 Å². The number of Topliss-reactive ketones (excluding diaryl/α,β-unsaturated/α-hetero) is 1. The van der Waals surface area contributed by atoms with Gasteiger partial charge in [0.2, 0.25) is 6.29 Å². The van der Waals surface area contributed by atoms with Crippen LogP contribution in [0.3, 0.4) is 0 Å². The third kappa shape index (κ3) is 4.18. The minimum Gasteiger partial charge on any atom is -0.507 e. The summed E-state index contributed by atoms with van der Waals surface area (Å²) in [6, 6.07) is 9.34. The van der Waals surface area contributed by atoms with Crippen LogP contribution in [0.4, 0.5) is 0 Å².